The molecule has 0 aromatic carbocycles. The van der Waals surface area contributed by atoms with Crippen LogP contribution in [0.25, 0.3) is 0 Å². The van der Waals surface area contributed by atoms with Crippen LogP contribution >= 0.6 is 0 Å². The number of carbonyl (C=O) groups is 1. The molecular weight excluding hydrogens is 154 g/mol. The summed E-state index contributed by atoms with van der Waals surface area (Å²) in [5, 5.41) is 5.91. The average molecular weight is 170 g/mol. The molecule has 2 amide bonds. The lowest BCUT2D eigenvalue weighted by molar-refractivity contribution is 0.243. The Labute approximate surface area is 72.9 Å². The third-order valence-corrected chi connectivity index (χ3v) is 2.18. The summed E-state index contributed by atoms with van der Waals surface area (Å²) < 4.78 is 0. The molecule has 0 aromatic heterocycles. The molecule has 1 rings (SSSR count). The number of hydrogen-bond donors (Lipinski definition) is 2. The van der Waals surface area contributed by atoms with Gasteiger partial charge in [-0.3, -0.25) is 0 Å². The maximum atomic E-state index is 10.4. The van der Waals surface area contributed by atoms with E-state index in [-0.39, 0.29) is 6.04 Å². The SMILES string of the molecule is CC(CC1CCCN1)NC([NH])=O. The minimum atomic E-state index is -0.680. The fourth-order valence-electron chi connectivity index (χ4n) is 1.67. The Hall–Kier alpha value is -0.770. The van der Waals surface area contributed by atoms with Crippen molar-refractivity contribution in [1.82, 2.24) is 16.4 Å². The predicted octanol–water partition coefficient (Wildman–Crippen LogP) is 0.509. The van der Waals surface area contributed by atoms with Gasteiger partial charge in [-0.15, -0.1) is 0 Å². The van der Waals surface area contributed by atoms with Crippen LogP contribution in [0, 0.1) is 0 Å². The zero-order chi connectivity index (χ0) is 8.97. The standard InChI is InChI=1S/C8H16N3O/c1-6(11-8(9)12)5-7-3-2-4-10-7/h6-7,9-10H,2-5H2,1H3,(H,11,12). The maximum absolute atomic E-state index is 10.4. The second kappa shape index (κ2) is 4.30. The van der Waals surface area contributed by atoms with Crippen molar-refractivity contribution in [2.75, 3.05) is 6.54 Å². The molecule has 0 aromatic rings. The Kier molecular flexibility index (Phi) is 3.34. The van der Waals surface area contributed by atoms with E-state index in [1.807, 2.05) is 6.92 Å². The van der Waals surface area contributed by atoms with Crippen LogP contribution < -0.4 is 16.4 Å². The van der Waals surface area contributed by atoms with E-state index in [1.165, 1.54) is 12.8 Å². The van der Waals surface area contributed by atoms with E-state index in [0.29, 0.717) is 6.04 Å². The highest BCUT2D eigenvalue weighted by Crippen LogP contribution is 2.10. The lowest BCUT2D eigenvalue weighted by Crippen LogP contribution is -2.37. The zero-order valence-electron chi connectivity index (χ0n) is 7.39. The van der Waals surface area contributed by atoms with Crippen LogP contribution in [0.5, 0.6) is 0 Å². The third-order valence-electron chi connectivity index (χ3n) is 2.18. The minimum Gasteiger partial charge on any atom is -0.334 e. The van der Waals surface area contributed by atoms with Crippen molar-refractivity contribution in [1.29, 1.82) is 0 Å². The van der Waals surface area contributed by atoms with Gasteiger partial charge >= 0.3 is 6.03 Å². The van der Waals surface area contributed by atoms with Crippen LogP contribution in [-0.2, 0) is 0 Å². The first-order valence-electron chi connectivity index (χ1n) is 4.44. The number of carbonyl (C=O) groups excluding carboxylic acids is 1. The summed E-state index contributed by atoms with van der Waals surface area (Å²) in [5.74, 6) is 0. The van der Waals surface area contributed by atoms with Gasteiger partial charge < -0.3 is 10.6 Å². The van der Waals surface area contributed by atoms with E-state index in [2.05, 4.69) is 10.6 Å². The molecule has 4 nitrogen and oxygen atoms in total. The van der Waals surface area contributed by atoms with Crippen molar-refractivity contribution in [3.8, 4) is 0 Å². The van der Waals surface area contributed by atoms with Gasteiger partial charge in [0.2, 0.25) is 0 Å². The largest absolute Gasteiger partial charge is 0.334 e. The van der Waals surface area contributed by atoms with Gasteiger partial charge in [-0.2, -0.15) is 0 Å². The number of nitrogens with one attached hydrogen (secondary N) is 3. The molecular formula is C8H16N3O. The van der Waals surface area contributed by atoms with Crippen molar-refractivity contribution in [3.63, 3.8) is 0 Å². The molecule has 12 heavy (non-hydrogen) atoms. The van der Waals surface area contributed by atoms with Gasteiger partial charge in [0, 0.05) is 12.1 Å². The maximum Gasteiger partial charge on any atom is 0.333 e. The highest BCUT2D eigenvalue weighted by molar-refractivity contribution is 5.71. The zero-order valence-corrected chi connectivity index (χ0v) is 7.39. The third kappa shape index (κ3) is 3.09. The molecule has 0 aliphatic carbocycles. The summed E-state index contributed by atoms with van der Waals surface area (Å²) in [7, 11) is 0. The predicted molar refractivity (Wildman–Crippen MR) is 46.7 cm³/mol. The summed E-state index contributed by atoms with van der Waals surface area (Å²) in [6.45, 7) is 3.03. The molecule has 4 heteroatoms. The van der Waals surface area contributed by atoms with E-state index in [0.717, 1.165) is 13.0 Å². The van der Waals surface area contributed by atoms with Gasteiger partial charge in [0.25, 0.3) is 0 Å². The van der Waals surface area contributed by atoms with E-state index in [4.69, 9.17) is 5.73 Å². The molecule has 1 fully saturated rings. The molecule has 1 saturated heterocycles. The van der Waals surface area contributed by atoms with E-state index in [1.54, 1.807) is 0 Å². The number of urea groups is 1. The summed E-state index contributed by atoms with van der Waals surface area (Å²) in [5.41, 5.74) is 6.71. The Morgan fingerprint density at radius 2 is 2.58 bits per heavy atom. The molecule has 3 N–H and O–H groups in total. The van der Waals surface area contributed by atoms with Crippen LogP contribution in [0.15, 0.2) is 0 Å². The smallest absolute Gasteiger partial charge is 0.333 e. The van der Waals surface area contributed by atoms with E-state index < -0.39 is 6.03 Å². The normalized spacial score (nSPS) is 25.2. The molecule has 69 valence electrons. The van der Waals surface area contributed by atoms with Crippen molar-refractivity contribution in [2.24, 2.45) is 0 Å². The average Bonchev–Trinajstić information content (AvgIpc) is 2.37. The fourth-order valence-corrected chi connectivity index (χ4v) is 1.67. The topological polar surface area (TPSA) is 64.9 Å². The number of hydrogen-bond acceptors (Lipinski definition) is 2. The van der Waals surface area contributed by atoms with Gasteiger partial charge in [0.1, 0.15) is 0 Å². The first-order valence-corrected chi connectivity index (χ1v) is 4.44. The molecule has 0 spiro atoms. The van der Waals surface area contributed by atoms with Crippen LogP contribution in [0.3, 0.4) is 0 Å². The minimum absolute atomic E-state index is 0.116. The molecule has 0 bridgehead atoms. The van der Waals surface area contributed by atoms with Gasteiger partial charge in [-0.05, 0) is 32.7 Å². The van der Waals surface area contributed by atoms with Crippen LogP contribution in [0.2, 0.25) is 0 Å². The molecule has 2 unspecified atom stereocenters. The monoisotopic (exact) mass is 170 g/mol. The Bertz CT molecular complexity index is 154. The van der Waals surface area contributed by atoms with Gasteiger partial charge in [0.15, 0.2) is 0 Å². The van der Waals surface area contributed by atoms with Crippen molar-refractivity contribution < 1.29 is 4.79 Å². The van der Waals surface area contributed by atoms with Gasteiger partial charge in [-0.25, -0.2) is 10.5 Å². The lowest BCUT2D eigenvalue weighted by atomic mass is 10.1. The van der Waals surface area contributed by atoms with Crippen LogP contribution in [-0.4, -0.2) is 24.7 Å². The van der Waals surface area contributed by atoms with E-state index in [9.17, 15) is 4.79 Å². The van der Waals surface area contributed by atoms with E-state index >= 15 is 0 Å². The first-order chi connectivity index (χ1) is 5.68. The van der Waals surface area contributed by atoms with Crippen LogP contribution in [0.1, 0.15) is 26.2 Å². The quantitative estimate of drug-likeness (QED) is 0.648. The molecule has 1 heterocycles. The fraction of sp³-hybridized carbons (Fsp3) is 0.875. The van der Waals surface area contributed by atoms with Gasteiger partial charge in [0.05, 0.1) is 0 Å². The molecule has 0 saturated carbocycles. The molecule has 1 aliphatic heterocycles. The number of rotatable bonds is 3. The molecule has 2 atom stereocenters. The summed E-state index contributed by atoms with van der Waals surface area (Å²) in [6, 6.07) is -0.0297. The van der Waals surface area contributed by atoms with Gasteiger partial charge in [-0.1, -0.05) is 0 Å². The highest BCUT2D eigenvalue weighted by atomic mass is 16.2. The number of amides is 2. The molecule has 1 aliphatic rings. The Morgan fingerprint density at radius 1 is 1.83 bits per heavy atom. The van der Waals surface area contributed by atoms with Crippen molar-refractivity contribution in [3.05, 3.63) is 0 Å². The van der Waals surface area contributed by atoms with Crippen LogP contribution in [0.4, 0.5) is 4.79 Å². The first kappa shape index (κ1) is 9.32. The Morgan fingerprint density at radius 3 is 3.08 bits per heavy atom. The van der Waals surface area contributed by atoms with Crippen molar-refractivity contribution in [2.45, 2.75) is 38.3 Å². The Balaban J connectivity index is 2.16. The summed E-state index contributed by atoms with van der Waals surface area (Å²) in [6.07, 6.45) is 3.36. The summed E-state index contributed by atoms with van der Waals surface area (Å²) >= 11 is 0. The second-order valence-corrected chi connectivity index (χ2v) is 3.40. The summed E-state index contributed by atoms with van der Waals surface area (Å²) in [4.78, 5) is 10.4. The highest BCUT2D eigenvalue weighted by Gasteiger charge is 2.17. The lowest BCUT2D eigenvalue weighted by Gasteiger charge is -2.16. The molecule has 1 radical (unpaired) electrons. The second-order valence-electron chi connectivity index (χ2n) is 3.40. The van der Waals surface area contributed by atoms with Crippen molar-refractivity contribution >= 4 is 6.03 Å².